The van der Waals surface area contributed by atoms with E-state index >= 15 is 0 Å². The van der Waals surface area contributed by atoms with Crippen molar-refractivity contribution in [1.29, 1.82) is 0 Å². The third-order valence-electron chi connectivity index (χ3n) is 6.83. The van der Waals surface area contributed by atoms with Gasteiger partial charge in [-0.3, -0.25) is 0 Å². The van der Waals surface area contributed by atoms with Crippen LogP contribution >= 0.6 is 0 Å². The summed E-state index contributed by atoms with van der Waals surface area (Å²) in [5.41, 5.74) is 5.92. The van der Waals surface area contributed by atoms with Gasteiger partial charge < -0.3 is 9.84 Å². The molecular weight excluding hydrogens is 372 g/mol. The highest BCUT2D eigenvalue weighted by Gasteiger charge is 2.29. The zero-order valence-corrected chi connectivity index (χ0v) is 19.2. The summed E-state index contributed by atoms with van der Waals surface area (Å²) < 4.78 is 6.22. The van der Waals surface area contributed by atoms with Gasteiger partial charge in [0.1, 0.15) is 11.4 Å². The fraction of sp³-hybridized carbons (Fsp3) is 0.519. The molecule has 3 heteroatoms. The minimum atomic E-state index is -0.894. The lowest BCUT2D eigenvalue weighted by molar-refractivity contribution is 0.0696. The van der Waals surface area contributed by atoms with Gasteiger partial charge in [-0.05, 0) is 101 Å². The van der Waals surface area contributed by atoms with E-state index in [9.17, 15) is 4.79 Å². The molecule has 1 aromatic carbocycles. The van der Waals surface area contributed by atoms with Crippen LogP contribution in [0.15, 0.2) is 53.1 Å². The standard InChI is InChI=1S/C27H36O3/c1-19(10-12-23-20(2)9-7-15-26(23,3)4)8-6-16-27(5)17-14-21-18-22(25(28)29)11-13-24(21)30-27/h6,8,11,13,16,18H,7,9-10,12,14-15,17H2,1-5H3,(H,28,29)/t27-/m0/s1. The number of fused-ring (bicyclic) bond motifs is 1. The molecule has 0 bridgehead atoms. The Kier molecular flexibility index (Phi) is 6.59. The fourth-order valence-corrected chi connectivity index (χ4v) is 4.86. The summed E-state index contributed by atoms with van der Waals surface area (Å²) in [6, 6.07) is 5.13. The van der Waals surface area contributed by atoms with Gasteiger partial charge in [-0.2, -0.15) is 0 Å². The molecular formula is C27H36O3. The van der Waals surface area contributed by atoms with Crippen molar-refractivity contribution in [3.8, 4) is 5.75 Å². The summed E-state index contributed by atoms with van der Waals surface area (Å²) >= 11 is 0. The Morgan fingerprint density at radius 1 is 1.20 bits per heavy atom. The number of carbonyl (C=O) groups is 1. The lowest BCUT2D eigenvalue weighted by Gasteiger charge is -2.35. The van der Waals surface area contributed by atoms with E-state index in [4.69, 9.17) is 9.84 Å². The Balaban J connectivity index is 1.61. The van der Waals surface area contributed by atoms with Crippen LogP contribution in [0, 0.1) is 5.41 Å². The second-order valence-electron chi connectivity index (χ2n) is 9.91. The fourth-order valence-electron chi connectivity index (χ4n) is 4.86. The van der Waals surface area contributed by atoms with Crippen molar-refractivity contribution in [3.63, 3.8) is 0 Å². The predicted molar refractivity (Wildman–Crippen MR) is 123 cm³/mol. The molecule has 0 saturated carbocycles. The second kappa shape index (κ2) is 8.83. The van der Waals surface area contributed by atoms with Gasteiger partial charge in [0.15, 0.2) is 0 Å². The van der Waals surface area contributed by atoms with Gasteiger partial charge in [0.2, 0.25) is 0 Å². The van der Waals surface area contributed by atoms with E-state index in [1.54, 1.807) is 29.3 Å². The lowest BCUT2D eigenvalue weighted by Crippen LogP contribution is -2.34. The van der Waals surface area contributed by atoms with Crippen LogP contribution < -0.4 is 4.74 Å². The smallest absolute Gasteiger partial charge is 0.335 e. The molecule has 0 saturated heterocycles. The third-order valence-corrected chi connectivity index (χ3v) is 6.83. The van der Waals surface area contributed by atoms with Gasteiger partial charge in [-0.15, -0.1) is 0 Å². The largest absolute Gasteiger partial charge is 0.483 e. The van der Waals surface area contributed by atoms with Gasteiger partial charge in [0.05, 0.1) is 5.56 Å². The first kappa shape index (κ1) is 22.4. The number of ether oxygens (including phenoxy) is 1. The molecule has 1 N–H and O–H groups in total. The highest BCUT2D eigenvalue weighted by molar-refractivity contribution is 5.88. The van der Waals surface area contributed by atoms with Gasteiger partial charge >= 0.3 is 5.97 Å². The Labute approximate surface area is 181 Å². The van der Waals surface area contributed by atoms with Crippen LogP contribution in [-0.4, -0.2) is 16.7 Å². The maximum atomic E-state index is 11.2. The second-order valence-corrected chi connectivity index (χ2v) is 9.91. The van der Waals surface area contributed by atoms with Crippen molar-refractivity contribution in [3.05, 3.63) is 64.3 Å². The molecule has 30 heavy (non-hydrogen) atoms. The minimum absolute atomic E-state index is 0.321. The maximum absolute atomic E-state index is 11.2. The third kappa shape index (κ3) is 5.24. The van der Waals surface area contributed by atoms with Gasteiger partial charge in [0, 0.05) is 0 Å². The number of benzene rings is 1. The van der Waals surface area contributed by atoms with Crippen LogP contribution in [0.5, 0.6) is 5.75 Å². The number of allylic oxidation sites excluding steroid dienone is 5. The van der Waals surface area contributed by atoms with Crippen molar-refractivity contribution in [1.82, 2.24) is 0 Å². The van der Waals surface area contributed by atoms with Crippen molar-refractivity contribution in [2.75, 3.05) is 0 Å². The van der Waals surface area contributed by atoms with E-state index in [1.807, 2.05) is 0 Å². The summed E-state index contributed by atoms with van der Waals surface area (Å²) in [6.07, 6.45) is 14.3. The van der Waals surface area contributed by atoms with Crippen LogP contribution in [0.1, 0.15) is 89.1 Å². The highest BCUT2D eigenvalue weighted by atomic mass is 16.5. The molecule has 1 aromatic rings. The molecule has 3 nitrogen and oxygen atoms in total. The number of aromatic carboxylic acids is 1. The van der Waals surface area contributed by atoms with E-state index < -0.39 is 5.97 Å². The molecule has 0 amide bonds. The minimum Gasteiger partial charge on any atom is -0.483 e. The molecule has 1 atom stereocenters. The molecule has 1 heterocycles. The van der Waals surface area contributed by atoms with Crippen molar-refractivity contribution in [2.24, 2.45) is 5.41 Å². The maximum Gasteiger partial charge on any atom is 0.335 e. The van der Waals surface area contributed by atoms with E-state index in [2.05, 4.69) is 52.8 Å². The van der Waals surface area contributed by atoms with Gasteiger partial charge in [-0.1, -0.05) is 42.7 Å². The predicted octanol–water partition coefficient (Wildman–Crippen LogP) is 7.28. The van der Waals surface area contributed by atoms with Crippen LogP contribution in [0.2, 0.25) is 0 Å². The number of carboxylic acid groups (broad SMARTS) is 1. The number of hydrogen-bond acceptors (Lipinski definition) is 2. The Morgan fingerprint density at radius 2 is 1.97 bits per heavy atom. The Hall–Kier alpha value is -2.29. The van der Waals surface area contributed by atoms with Crippen LogP contribution in [0.4, 0.5) is 0 Å². The number of rotatable bonds is 6. The zero-order chi connectivity index (χ0) is 21.9. The van der Waals surface area contributed by atoms with Crippen molar-refractivity contribution >= 4 is 5.97 Å². The number of carboxylic acids is 1. The Morgan fingerprint density at radius 3 is 2.67 bits per heavy atom. The van der Waals surface area contributed by atoms with Crippen molar-refractivity contribution in [2.45, 2.75) is 85.2 Å². The monoisotopic (exact) mass is 408 g/mol. The first-order valence-electron chi connectivity index (χ1n) is 11.2. The molecule has 0 fully saturated rings. The summed E-state index contributed by atoms with van der Waals surface area (Å²) in [4.78, 5) is 11.2. The van der Waals surface area contributed by atoms with Crippen LogP contribution in [0.25, 0.3) is 0 Å². The molecule has 0 radical (unpaired) electrons. The molecule has 2 aliphatic rings. The molecule has 0 aromatic heterocycles. The molecule has 1 aliphatic heterocycles. The molecule has 3 rings (SSSR count). The summed E-state index contributed by atoms with van der Waals surface area (Å²) in [5, 5.41) is 9.17. The summed E-state index contributed by atoms with van der Waals surface area (Å²) in [6.45, 7) is 11.4. The molecule has 162 valence electrons. The quantitative estimate of drug-likeness (QED) is 0.397. The summed E-state index contributed by atoms with van der Waals surface area (Å²) in [7, 11) is 0. The van der Waals surface area contributed by atoms with E-state index in [-0.39, 0.29) is 5.60 Å². The topological polar surface area (TPSA) is 46.5 Å². The lowest BCUT2D eigenvalue weighted by atomic mass is 9.71. The van der Waals surface area contributed by atoms with E-state index in [0.29, 0.717) is 11.0 Å². The number of aryl methyl sites for hydroxylation is 1. The zero-order valence-electron chi connectivity index (χ0n) is 19.2. The van der Waals surface area contributed by atoms with Crippen LogP contribution in [0.3, 0.4) is 0 Å². The first-order valence-corrected chi connectivity index (χ1v) is 11.2. The molecule has 1 aliphatic carbocycles. The average Bonchev–Trinajstić information content (AvgIpc) is 2.66. The van der Waals surface area contributed by atoms with E-state index in [1.165, 1.54) is 24.8 Å². The van der Waals surface area contributed by atoms with E-state index in [0.717, 1.165) is 37.0 Å². The van der Waals surface area contributed by atoms with Gasteiger partial charge in [-0.25, -0.2) is 4.79 Å². The van der Waals surface area contributed by atoms with Gasteiger partial charge in [0.25, 0.3) is 0 Å². The van der Waals surface area contributed by atoms with Crippen molar-refractivity contribution < 1.29 is 14.6 Å². The molecule has 0 spiro atoms. The Bertz CT molecular complexity index is 901. The first-order chi connectivity index (χ1) is 14.1. The summed E-state index contributed by atoms with van der Waals surface area (Å²) in [5.74, 6) is -0.102. The number of hydrogen-bond donors (Lipinski definition) is 1. The molecule has 0 unspecified atom stereocenters. The van der Waals surface area contributed by atoms with Crippen LogP contribution in [-0.2, 0) is 6.42 Å². The average molecular weight is 409 g/mol. The normalized spacial score (nSPS) is 24.0. The SMILES string of the molecule is CC(=CC=C[C@@]1(C)CCc2cc(C(=O)O)ccc2O1)CCC1=C(C)CCCC1(C)C. The highest BCUT2D eigenvalue weighted by Crippen LogP contribution is 2.42.